The van der Waals surface area contributed by atoms with E-state index in [1.54, 1.807) is 6.08 Å². The van der Waals surface area contributed by atoms with Crippen molar-refractivity contribution in [3.8, 4) is 0 Å². The maximum Gasteiger partial charge on any atom is 0.0640 e. The van der Waals surface area contributed by atoms with Crippen LogP contribution in [0.15, 0.2) is 12.7 Å². The molecule has 0 atom stereocenters. The summed E-state index contributed by atoms with van der Waals surface area (Å²) in [6, 6.07) is 0. The zero-order chi connectivity index (χ0) is 4.83. The zero-order valence-electron chi connectivity index (χ0n) is 4.11. The highest BCUT2D eigenvalue weighted by Crippen LogP contribution is 1.66. The van der Waals surface area contributed by atoms with Crippen LogP contribution in [0.3, 0.4) is 0 Å². The molecule has 0 aliphatic heterocycles. The van der Waals surface area contributed by atoms with Gasteiger partial charge in [-0.15, -0.1) is 6.58 Å². The van der Waals surface area contributed by atoms with E-state index in [-0.39, 0.29) is 0 Å². The molecular formula is C4H10OSi. The van der Waals surface area contributed by atoms with Crippen molar-refractivity contribution in [2.24, 2.45) is 0 Å². The van der Waals surface area contributed by atoms with E-state index in [1.165, 1.54) is 0 Å². The van der Waals surface area contributed by atoms with Crippen LogP contribution in [0.1, 0.15) is 0 Å². The van der Waals surface area contributed by atoms with E-state index in [4.69, 9.17) is 4.74 Å². The summed E-state index contributed by atoms with van der Waals surface area (Å²) in [5.41, 5.74) is 0. The Kier molecular flexibility index (Phi) is 4.85. The van der Waals surface area contributed by atoms with E-state index in [9.17, 15) is 0 Å². The molecule has 0 amide bonds. The number of rotatable bonds is 3. The van der Waals surface area contributed by atoms with Crippen molar-refractivity contribution in [3.05, 3.63) is 12.7 Å². The van der Waals surface area contributed by atoms with Crippen LogP contribution in [-0.4, -0.2) is 23.1 Å². The maximum absolute atomic E-state index is 4.93. The molecule has 2 heteroatoms. The second kappa shape index (κ2) is 4.92. The largest absolute Gasteiger partial charge is 0.382 e. The minimum absolute atomic E-state index is 0.712. The molecule has 0 saturated carbocycles. The van der Waals surface area contributed by atoms with Gasteiger partial charge in [-0.05, 0) is 0 Å². The lowest BCUT2D eigenvalue weighted by Crippen LogP contribution is -1.90. The predicted octanol–water partition coefficient (Wildman–Crippen LogP) is -0.488. The van der Waals surface area contributed by atoms with Crippen molar-refractivity contribution in [2.45, 2.75) is 0 Å². The Morgan fingerprint density at radius 2 is 2.50 bits per heavy atom. The molecule has 0 aliphatic rings. The average molecular weight is 102 g/mol. The lowest BCUT2D eigenvalue weighted by molar-refractivity contribution is 0.212. The van der Waals surface area contributed by atoms with Gasteiger partial charge in [-0.25, -0.2) is 0 Å². The third-order valence-corrected chi connectivity index (χ3v) is 0.848. The van der Waals surface area contributed by atoms with Gasteiger partial charge in [-0.1, -0.05) is 6.08 Å². The van der Waals surface area contributed by atoms with Gasteiger partial charge < -0.3 is 4.74 Å². The molecule has 0 radical (unpaired) electrons. The monoisotopic (exact) mass is 102 g/mol. The Morgan fingerprint density at radius 1 is 1.83 bits per heavy atom. The summed E-state index contributed by atoms with van der Waals surface area (Å²) in [4.78, 5) is 0. The normalized spacial score (nSPS) is 8.67. The fourth-order valence-corrected chi connectivity index (χ4v) is 0.437. The molecule has 0 bridgehead atoms. The Balaban J connectivity index is 2.49. The van der Waals surface area contributed by atoms with Crippen molar-refractivity contribution < 1.29 is 4.74 Å². The van der Waals surface area contributed by atoms with E-state index in [0.717, 1.165) is 16.5 Å². The van der Waals surface area contributed by atoms with Gasteiger partial charge in [0.05, 0.1) is 6.61 Å². The summed E-state index contributed by atoms with van der Waals surface area (Å²) < 4.78 is 4.93. The zero-order valence-corrected chi connectivity index (χ0v) is 6.11. The molecule has 0 aromatic heterocycles. The van der Waals surface area contributed by atoms with Crippen LogP contribution in [0.5, 0.6) is 0 Å². The summed E-state index contributed by atoms with van der Waals surface area (Å²) in [5, 5.41) is 0. The van der Waals surface area contributed by atoms with Crippen molar-refractivity contribution in [1.82, 2.24) is 0 Å². The first kappa shape index (κ1) is 5.92. The van der Waals surface area contributed by atoms with Crippen LogP contribution < -0.4 is 0 Å². The third-order valence-electron chi connectivity index (χ3n) is 0.440. The van der Waals surface area contributed by atoms with Crippen LogP contribution in [0.4, 0.5) is 0 Å². The van der Waals surface area contributed by atoms with Crippen molar-refractivity contribution >= 4 is 10.2 Å². The minimum atomic E-state index is 0.712. The van der Waals surface area contributed by atoms with Gasteiger partial charge in [-0.2, -0.15) is 0 Å². The second-order valence-electron chi connectivity index (χ2n) is 0.948. The standard InChI is InChI=1S/C4H10OSi/c1-2-3-5-4-6/h2H,1,3-4H2,6H3. The minimum Gasteiger partial charge on any atom is -0.382 e. The molecule has 6 heavy (non-hydrogen) atoms. The molecule has 0 rings (SSSR count). The van der Waals surface area contributed by atoms with Gasteiger partial charge in [0, 0.05) is 16.5 Å². The molecule has 0 fully saturated rings. The Morgan fingerprint density at radius 3 is 2.67 bits per heavy atom. The number of hydrogen-bond donors (Lipinski definition) is 0. The fraction of sp³-hybridized carbons (Fsp3) is 0.500. The second-order valence-corrected chi connectivity index (χ2v) is 1.53. The van der Waals surface area contributed by atoms with Crippen LogP contribution in [0.2, 0.25) is 0 Å². The first-order valence-electron chi connectivity index (χ1n) is 2.10. The van der Waals surface area contributed by atoms with E-state index < -0.39 is 0 Å². The third kappa shape index (κ3) is 3.92. The summed E-state index contributed by atoms with van der Waals surface area (Å²) in [6.07, 6.45) is 2.68. The summed E-state index contributed by atoms with van der Waals surface area (Å²) in [6.45, 7) is 4.20. The van der Waals surface area contributed by atoms with E-state index in [0.29, 0.717) is 6.61 Å². The highest BCUT2D eigenvalue weighted by atomic mass is 28.1. The van der Waals surface area contributed by atoms with Gasteiger partial charge >= 0.3 is 0 Å². The first-order valence-corrected chi connectivity index (χ1v) is 3.52. The molecule has 36 valence electrons. The molecular weight excluding hydrogens is 92.1 g/mol. The van der Waals surface area contributed by atoms with Crippen molar-refractivity contribution in [1.29, 1.82) is 0 Å². The van der Waals surface area contributed by atoms with Crippen LogP contribution >= 0.6 is 0 Å². The van der Waals surface area contributed by atoms with E-state index >= 15 is 0 Å². The summed E-state index contributed by atoms with van der Waals surface area (Å²) in [5.74, 6) is 0. The molecule has 0 saturated heterocycles. The molecule has 0 spiro atoms. The lowest BCUT2D eigenvalue weighted by Gasteiger charge is -1.88. The number of ether oxygens (including phenoxy) is 1. The molecule has 0 N–H and O–H groups in total. The Hall–Kier alpha value is -0.0831. The number of hydrogen-bond acceptors (Lipinski definition) is 1. The SMILES string of the molecule is C=CCOC[SiH3]. The van der Waals surface area contributed by atoms with E-state index in [1.807, 2.05) is 0 Å². The van der Waals surface area contributed by atoms with E-state index in [2.05, 4.69) is 6.58 Å². The smallest absolute Gasteiger partial charge is 0.0640 e. The highest BCUT2D eigenvalue weighted by Gasteiger charge is 1.67. The highest BCUT2D eigenvalue weighted by molar-refractivity contribution is 6.08. The van der Waals surface area contributed by atoms with Crippen molar-refractivity contribution in [3.63, 3.8) is 0 Å². The van der Waals surface area contributed by atoms with Gasteiger partial charge in [0.25, 0.3) is 0 Å². The first-order chi connectivity index (χ1) is 2.91. The molecule has 0 unspecified atom stereocenters. The molecule has 1 nitrogen and oxygen atoms in total. The van der Waals surface area contributed by atoms with Gasteiger partial charge in [0.1, 0.15) is 0 Å². The summed E-state index contributed by atoms with van der Waals surface area (Å²) >= 11 is 0. The topological polar surface area (TPSA) is 9.23 Å². The predicted molar refractivity (Wildman–Crippen MR) is 31.0 cm³/mol. The maximum atomic E-state index is 4.93. The molecule has 0 aromatic carbocycles. The van der Waals surface area contributed by atoms with Crippen molar-refractivity contribution in [2.75, 3.05) is 12.8 Å². The van der Waals surface area contributed by atoms with Crippen LogP contribution in [0, 0.1) is 0 Å². The lowest BCUT2D eigenvalue weighted by atomic mass is 10.7. The van der Waals surface area contributed by atoms with Crippen LogP contribution in [-0.2, 0) is 4.74 Å². The fourth-order valence-electron chi connectivity index (χ4n) is 0.201. The van der Waals surface area contributed by atoms with Gasteiger partial charge in [0.2, 0.25) is 0 Å². The molecule has 0 aliphatic carbocycles. The van der Waals surface area contributed by atoms with Gasteiger partial charge in [-0.3, -0.25) is 0 Å². The van der Waals surface area contributed by atoms with Gasteiger partial charge in [0.15, 0.2) is 0 Å². The quantitative estimate of drug-likeness (QED) is 0.265. The Bertz CT molecular complexity index is 36.5. The van der Waals surface area contributed by atoms with Crippen LogP contribution in [0.25, 0.3) is 0 Å². The molecule has 0 heterocycles. The Labute approximate surface area is 41.4 Å². The summed E-state index contributed by atoms with van der Waals surface area (Å²) in [7, 11) is 1.13. The molecule has 0 aromatic rings. The average Bonchev–Trinajstić information content (AvgIpc) is 1.61.